The molecule has 0 aliphatic carbocycles. The summed E-state index contributed by atoms with van der Waals surface area (Å²) < 4.78 is 13.3. The first-order chi connectivity index (χ1) is 13.1. The molecule has 2 aromatic carbocycles. The number of benzene rings is 2. The van der Waals surface area contributed by atoms with E-state index in [2.05, 4.69) is 29.0 Å². The molecule has 27 heavy (non-hydrogen) atoms. The van der Waals surface area contributed by atoms with Gasteiger partial charge in [0.05, 0.1) is 0 Å². The molecule has 2 bridgehead atoms. The van der Waals surface area contributed by atoms with Crippen LogP contribution in [0.2, 0.25) is 0 Å². The molecule has 1 amide bonds. The second-order valence-corrected chi connectivity index (χ2v) is 7.92. The lowest BCUT2D eigenvalue weighted by molar-refractivity contribution is 0.0488. The molecule has 0 N–H and O–H groups in total. The average molecular weight is 366 g/mol. The van der Waals surface area contributed by atoms with Gasteiger partial charge in [0, 0.05) is 30.2 Å². The van der Waals surface area contributed by atoms with Crippen molar-refractivity contribution in [3.8, 4) is 0 Å². The van der Waals surface area contributed by atoms with Crippen LogP contribution in [0.3, 0.4) is 0 Å². The van der Waals surface area contributed by atoms with Gasteiger partial charge < -0.3 is 9.80 Å². The number of halogens is 1. The van der Waals surface area contributed by atoms with Crippen LogP contribution in [0, 0.1) is 5.82 Å². The van der Waals surface area contributed by atoms with Gasteiger partial charge in [0.2, 0.25) is 0 Å². The molecule has 1 unspecified atom stereocenters. The molecular formula is C23H27FN2O. The standard InChI is InChI=1S/C23H27FN2O/c1-25-20-11-12-21(25)16-22(15-20)26(14-13-17-5-3-2-4-6-17)23(27)18-7-9-19(24)10-8-18/h2-10,20-22H,11-16H2,1H3/t20-,21+,22?. The Morgan fingerprint density at radius 1 is 1.04 bits per heavy atom. The summed E-state index contributed by atoms with van der Waals surface area (Å²) in [6.07, 6.45) is 5.38. The van der Waals surface area contributed by atoms with Crippen LogP contribution in [0.5, 0.6) is 0 Å². The van der Waals surface area contributed by atoms with Crippen molar-refractivity contribution < 1.29 is 9.18 Å². The van der Waals surface area contributed by atoms with Gasteiger partial charge in [-0.25, -0.2) is 4.39 Å². The molecule has 2 aliphatic rings. The van der Waals surface area contributed by atoms with Gasteiger partial charge in [0.15, 0.2) is 0 Å². The first kappa shape index (κ1) is 18.2. The zero-order valence-electron chi connectivity index (χ0n) is 15.9. The third kappa shape index (κ3) is 3.91. The van der Waals surface area contributed by atoms with Crippen LogP contribution in [0.25, 0.3) is 0 Å². The zero-order chi connectivity index (χ0) is 18.8. The Morgan fingerprint density at radius 3 is 2.30 bits per heavy atom. The summed E-state index contributed by atoms with van der Waals surface area (Å²) in [5.41, 5.74) is 1.82. The Balaban J connectivity index is 1.55. The minimum absolute atomic E-state index is 0.0277. The second kappa shape index (κ2) is 7.81. The highest BCUT2D eigenvalue weighted by Crippen LogP contribution is 2.36. The van der Waals surface area contributed by atoms with Crippen molar-refractivity contribution in [2.45, 2.75) is 50.2 Å². The van der Waals surface area contributed by atoms with Gasteiger partial charge in [-0.3, -0.25) is 4.79 Å². The molecule has 0 radical (unpaired) electrons. The van der Waals surface area contributed by atoms with E-state index in [0.29, 0.717) is 24.2 Å². The molecule has 3 atom stereocenters. The monoisotopic (exact) mass is 366 g/mol. The van der Waals surface area contributed by atoms with Crippen molar-refractivity contribution in [3.05, 3.63) is 71.5 Å². The van der Waals surface area contributed by atoms with E-state index in [1.54, 1.807) is 12.1 Å². The van der Waals surface area contributed by atoms with Crippen LogP contribution in [0.1, 0.15) is 41.6 Å². The molecule has 4 heteroatoms. The van der Waals surface area contributed by atoms with Gasteiger partial charge in [0.1, 0.15) is 5.82 Å². The Bertz CT molecular complexity index is 763. The molecule has 2 heterocycles. The number of amides is 1. The molecule has 2 fully saturated rings. The molecule has 2 aromatic rings. The molecular weight excluding hydrogens is 339 g/mol. The van der Waals surface area contributed by atoms with Gasteiger partial charge in [-0.05, 0) is 69.0 Å². The molecule has 0 spiro atoms. The van der Waals surface area contributed by atoms with Crippen LogP contribution >= 0.6 is 0 Å². The van der Waals surface area contributed by atoms with Crippen molar-refractivity contribution in [3.63, 3.8) is 0 Å². The fraction of sp³-hybridized carbons (Fsp3) is 0.435. The molecule has 2 saturated heterocycles. The fourth-order valence-electron chi connectivity index (χ4n) is 4.74. The summed E-state index contributed by atoms with van der Waals surface area (Å²) >= 11 is 0. The SMILES string of the molecule is CN1[C@@H]2CC[C@H]1CC(N(CCc1ccccc1)C(=O)c1ccc(F)cc1)C2. The number of hydrogen-bond acceptors (Lipinski definition) is 2. The van der Waals surface area contributed by atoms with Crippen LogP contribution < -0.4 is 0 Å². The summed E-state index contributed by atoms with van der Waals surface area (Å²) in [5, 5.41) is 0. The predicted molar refractivity (Wildman–Crippen MR) is 105 cm³/mol. The number of piperidine rings is 1. The van der Waals surface area contributed by atoms with Gasteiger partial charge in [-0.2, -0.15) is 0 Å². The van der Waals surface area contributed by atoms with E-state index >= 15 is 0 Å². The summed E-state index contributed by atoms with van der Waals surface area (Å²) in [5.74, 6) is -0.278. The van der Waals surface area contributed by atoms with Crippen molar-refractivity contribution in [1.82, 2.24) is 9.80 Å². The predicted octanol–water partition coefficient (Wildman–Crippen LogP) is 4.14. The van der Waals surface area contributed by atoms with Gasteiger partial charge in [-0.1, -0.05) is 30.3 Å². The van der Waals surface area contributed by atoms with Gasteiger partial charge in [0.25, 0.3) is 5.91 Å². The van der Waals surface area contributed by atoms with E-state index in [0.717, 1.165) is 19.3 Å². The van der Waals surface area contributed by atoms with Crippen LogP contribution in [-0.4, -0.2) is 47.4 Å². The lowest BCUT2D eigenvalue weighted by Crippen LogP contribution is -2.51. The number of fused-ring (bicyclic) bond motifs is 2. The highest BCUT2D eigenvalue weighted by molar-refractivity contribution is 5.94. The smallest absolute Gasteiger partial charge is 0.254 e. The normalized spacial score (nSPS) is 24.7. The number of hydrogen-bond donors (Lipinski definition) is 0. The lowest BCUT2D eigenvalue weighted by atomic mass is 9.95. The van der Waals surface area contributed by atoms with Crippen LogP contribution in [0.15, 0.2) is 54.6 Å². The number of rotatable bonds is 5. The summed E-state index contributed by atoms with van der Waals surface area (Å²) in [6, 6.07) is 17.7. The summed E-state index contributed by atoms with van der Waals surface area (Å²) in [6.45, 7) is 0.702. The lowest BCUT2D eigenvalue weighted by Gasteiger charge is -2.42. The topological polar surface area (TPSA) is 23.6 Å². The van der Waals surface area contributed by atoms with Crippen molar-refractivity contribution in [2.24, 2.45) is 0 Å². The maximum absolute atomic E-state index is 13.3. The molecule has 3 nitrogen and oxygen atoms in total. The van der Waals surface area contributed by atoms with E-state index in [-0.39, 0.29) is 17.8 Å². The Morgan fingerprint density at radius 2 is 1.67 bits per heavy atom. The number of nitrogens with zero attached hydrogens (tertiary/aromatic N) is 2. The summed E-state index contributed by atoms with van der Waals surface area (Å²) in [4.78, 5) is 17.8. The van der Waals surface area contributed by atoms with Crippen molar-refractivity contribution >= 4 is 5.91 Å². The van der Waals surface area contributed by atoms with Crippen molar-refractivity contribution in [2.75, 3.05) is 13.6 Å². The van der Waals surface area contributed by atoms with Gasteiger partial charge >= 0.3 is 0 Å². The van der Waals surface area contributed by atoms with Crippen LogP contribution in [0.4, 0.5) is 4.39 Å². The van der Waals surface area contributed by atoms with E-state index in [4.69, 9.17) is 0 Å². The highest BCUT2D eigenvalue weighted by Gasteiger charge is 2.41. The maximum Gasteiger partial charge on any atom is 0.254 e. The van der Waals surface area contributed by atoms with Gasteiger partial charge in [-0.15, -0.1) is 0 Å². The van der Waals surface area contributed by atoms with Crippen LogP contribution in [-0.2, 0) is 6.42 Å². The van der Waals surface area contributed by atoms with E-state index in [9.17, 15) is 9.18 Å². The molecule has 0 aromatic heterocycles. The average Bonchev–Trinajstić information content (AvgIpc) is 2.90. The molecule has 2 aliphatic heterocycles. The quantitative estimate of drug-likeness (QED) is 0.794. The largest absolute Gasteiger partial charge is 0.335 e. The Kier molecular flexibility index (Phi) is 5.26. The third-order valence-electron chi connectivity index (χ3n) is 6.35. The molecule has 4 rings (SSSR count). The third-order valence-corrected chi connectivity index (χ3v) is 6.35. The zero-order valence-corrected chi connectivity index (χ0v) is 15.9. The number of carbonyl (C=O) groups excluding carboxylic acids is 1. The summed E-state index contributed by atoms with van der Waals surface area (Å²) in [7, 11) is 2.22. The van der Waals surface area contributed by atoms with Crippen molar-refractivity contribution in [1.29, 1.82) is 0 Å². The minimum Gasteiger partial charge on any atom is -0.335 e. The Labute approximate surface area is 160 Å². The molecule has 0 saturated carbocycles. The van der Waals surface area contributed by atoms with E-state index in [1.807, 2.05) is 18.2 Å². The maximum atomic E-state index is 13.3. The first-order valence-corrected chi connectivity index (χ1v) is 9.94. The second-order valence-electron chi connectivity index (χ2n) is 7.92. The van der Waals surface area contributed by atoms with E-state index < -0.39 is 0 Å². The highest BCUT2D eigenvalue weighted by atomic mass is 19.1. The number of carbonyl (C=O) groups is 1. The van der Waals surface area contributed by atoms with E-state index in [1.165, 1.54) is 30.5 Å². The first-order valence-electron chi connectivity index (χ1n) is 9.94. The Hall–Kier alpha value is -2.20. The fourth-order valence-corrected chi connectivity index (χ4v) is 4.74. The molecule has 142 valence electrons. The minimum atomic E-state index is -0.306.